The molecule has 0 aromatic carbocycles. The van der Waals surface area contributed by atoms with Crippen molar-refractivity contribution in [2.45, 2.75) is 45.4 Å². The highest BCUT2D eigenvalue weighted by Gasteiger charge is 2.34. The molecule has 1 aliphatic rings. The van der Waals surface area contributed by atoms with Gasteiger partial charge in [-0.15, -0.1) is 5.10 Å². The van der Waals surface area contributed by atoms with Crippen LogP contribution in [-0.2, 0) is 17.7 Å². The van der Waals surface area contributed by atoms with E-state index in [1.165, 1.54) is 0 Å². The van der Waals surface area contributed by atoms with Crippen molar-refractivity contribution in [2.24, 2.45) is 0 Å². The molecule has 3 rings (SSSR count). The third-order valence-corrected chi connectivity index (χ3v) is 4.61. The van der Waals surface area contributed by atoms with Crippen LogP contribution in [0.3, 0.4) is 0 Å². The minimum atomic E-state index is -0.204. The molecular formula is C14H19N5O2S. The molecule has 0 spiro atoms. The molecule has 1 N–H and O–H groups in total. The Morgan fingerprint density at radius 1 is 1.55 bits per heavy atom. The van der Waals surface area contributed by atoms with Crippen LogP contribution < -0.4 is 5.32 Å². The molecule has 22 heavy (non-hydrogen) atoms. The summed E-state index contributed by atoms with van der Waals surface area (Å²) in [5, 5.41) is 7.05. The van der Waals surface area contributed by atoms with Crippen LogP contribution in [-0.4, -0.2) is 37.7 Å². The highest BCUT2D eigenvalue weighted by atomic mass is 32.1. The average Bonchev–Trinajstić information content (AvgIpc) is 3.25. The van der Waals surface area contributed by atoms with Crippen LogP contribution in [0, 0.1) is 0 Å². The smallest absolute Gasteiger partial charge is 0.265 e. The molecule has 0 unspecified atom stereocenters. The van der Waals surface area contributed by atoms with Gasteiger partial charge in [0, 0.05) is 25.5 Å². The molecule has 1 amide bonds. The van der Waals surface area contributed by atoms with Gasteiger partial charge in [-0.3, -0.25) is 4.79 Å². The highest BCUT2D eigenvalue weighted by Crippen LogP contribution is 2.28. The fourth-order valence-electron chi connectivity index (χ4n) is 2.68. The summed E-state index contributed by atoms with van der Waals surface area (Å²) in [6, 6.07) is -0.0768. The fourth-order valence-corrected chi connectivity index (χ4v) is 3.34. The second-order valence-electron chi connectivity index (χ2n) is 5.13. The molecule has 2 aromatic rings. The molecular weight excluding hydrogens is 302 g/mol. The molecule has 2 aromatic heterocycles. The van der Waals surface area contributed by atoms with Crippen molar-refractivity contribution in [2.75, 3.05) is 6.61 Å². The molecule has 1 fully saturated rings. The van der Waals surface area contributed by atoms with E-state index >= 15 is 0 Å². The van der Waals surface area contributed by atoms with Gasteiger partial charge in [-0.2, -0.15) is 0 Å². The van der Waals surface area contributed by atoms with Crippen molar-refractivity contribution in [3.8, 4) is 0 Å². The van der Waals surface area contributed by atoms with E-state index in [9.17, 15) is 4.79 Å². The predicted molar refractivity (Wildman–Crippen MR) is 81.8 cm³/mol. The Balaban J connectivity index is 1.75. The van der Waals surface area contributed by atoms with Crippen molar-refractivity contribution in [3.63, 3.8) is 0 Å². The van der Waals surface area contributed by atoms with Gasteiger partial charge in [0.1, 0.15) is 16.8 Å². The lowest BCUT2D eigenvalue weighted by Gasteiger charge is -2.20. The van der Waals surface area contributed by atoms with Crippen molar-refractivity contribution in [3.05, 3.63) is 28.8 Å². The zero-order valence-electron chi connectivity index (χ0n) is 12.7. The van der Waals surface area contributed by atoms with Crippen LogP contribution in [0.4, 0.5) is 0 Å². The molecule has 0 saturated carbocycles. The number of imidazole rings is 1. The zero-order valence-corrected chi connectivity index (χ0v) is 13.5. The number of aromatic nitrogens is 4. The predicted octanol–water partition coefficient (Wildman–Crippen LogP) is 1.58. The fraction of sp³-hybridized carbons (Fsp3) is 0.571. The Morgan fingerprint density at radius 2 is 2.41 bits per heavy atom. The van der Waals surface area contributed by atoms with Gasteiger partial charge >= 0.3 is 0 Å². The lowest BCUT2D eigenvalue weighted by atomic mass is 10.1. The molecule has 1 aliphatic heterocycles. The second-order valence-corrected chi connectivity index (χ2v) is 5.89. The number of hydrogen-bond acceptors (Lipinski definition) is 6. The van der Waals surface area contributed by atoms with E-state index in [4.69, 9.17) is 4.74 Å². The Morgan fingerprint density at radius 3 is 3.18 bits per heavy atom. The number of hydrogen-bond donors (Lipinski definition) is 1. The Kier molecular flexibility index (Phi) is 4.49. The first-order valence-corrected chi connectivity index (χ1v) is 8.26. The number of rotatable bonds is 5. The standard InChI is InChI=1S/C14H19N5O2S/c1-3-9-12(22-18-17-9)14(20)16-10-5-8-21-11(10)13-15-6-7-19(13)4-2/h6-7,10-11H,3-5,8H2,1-2H3,(H,16,20)/t10-,11-/m0/s1. The Labute approximate surface area is 132 Å². The summed E-state index contributed by atoms with van der Waals surface area (Å²) >= 11 is 1.14. The largest absolute Gasteiger partial charge is 0.368 e. The van der Waals surface area contributed by atoms with Gasteiger partial charge in [0.2, 0.25) is 0 Å². The average molecular weight is 321 g/mol. The lowest BCUT2D eigenvalue weighted by Crippen LogP contribution is -2.37. The second kappa shape index (κ2) is 6.53. The molecule has 1 saturated heterocycles. The molecule has 0 aliphatic carbocycles. The third kappa shape index (κ3) is 2.76. The van der Waals surface area contributed by atoms with Gasteiger partial charge in [-0.1, -0.05) is 11.4 Å². The molecule has 118 valence electrons. The lowest BCUT2D eigenvalue weighted by molar-refractivity contribution is 0.0777. The van der Waals surface area contributed by atoms with Crippen molar-refractivity contribution in [1.82, 2.24) is 24.5 Å². The maximum atomic E-state index is 12.4. The van der Waals surface area contributed by atoms with Crippen molar-refractivity contribution < 1.29 is 9.53 Å². The molecule has 0 bridgehead atoms. The Bertz CT molecular complexity index is 653. The monoisotopic (exact) mass is 321 g/mol. The maximum absolute atomic E-state index is 12.4. The zero-order chi connectivity index (χ0) is 15.5. The molecule has 7 nitrogen and oxygen atoms in total. The summed E-state index contributed by atoms with van der Waals surface area (Å²) in [7, 11) is 0. The van der Waals surface area contributed by atoms with Crippen LogP contribution in [0.25, 0.3) is 0 Å². The maximum Gasteiger partial charge on any atom is 0.265 e. The van der Waals surface area contributed by atoms with Crippen LogP contribution in [0.15, 0.2) is 12.4 Å². The number of nitrogens with one attached hydrogen (secondary N) is 1. The molecule has 0 radical (unpaired) electrons. The summed E-state index contributed by atoms with van der Waals surface area (Å²) in [5.41, 5.74) is 0.744. The number of carbonyl (C=O) groups is 1. The first-order valence-electron chi connectivity index (χ1n) is 7.49. The van der Waals surface area contributed by atoms with E-state index in [0.29, 0.717) is 17.9 Å². The van der Waals surface area contributed by atoms with Crippen LogP contribution >= 0.6 is 11.5 Å². The number of nitrogens with zero attached hydrogens (tertiary/aromatic N) is 4. The minimum Gasteiger partial charge on any atom is -0.368 e. The minimum absolute atomic E-state index is 0.0768. The van der Waals surface area contributed by atoms with Gasteiger partial charge in [-0.05, 0) is 31.3 Å². The summed E-state index contributed by atoms with van der Waals surface area (Å²) in [4.78, 5) is 17.4. The van der Waals surface area contributed by atoms with Gasteiger partial charge in [0.25, 0.3) is 5.91 Å². The SMILES string of the molecule is CCc1nnsc1C(=O)N[C@H]1CCO[C@@H]1c1nccn1CC. The van der Waals surface area contributed by atoms with E-state index in [1.54, 1.807) is 6.20 Å². The number of ether oxygens (including phenoxy) is 1. The van der Waals surface area contributed by atoms with Crippen LogP contribution in [0.1, 0.15) is 47.6 Å². The summed E-state index contributed by atoms with van der Waals surface area (Å²) in [6.45, 7) is 5.47. The van der Waals surface area contributed by atoms with Gasteiger partial charge in [-0.25, -0.2) is 4.98 Å². The number of carbonyl (C=O) groups excluding carboxylic acids is 1. The van der Waals surface area contributed by atoms with Crippen LogP contribution in [0.2, 0.25) is 0 Å². The number of aryl methyl sites for hydroxylation is 2. The van der Waals surface area contributed by atoms with E-state index in [0.717, 1.165) is 36.0 Å². The molecule has 3 heterocycles. The molecule has 8 heteroatoms. The first kappa shape index (κ1) is 15.1. The van der Waals surface area contributed by atoms with E-state index in [2.05, 4.69) is 26.8 Å². The van der Waals surface area contributed by atoms with Crippen molar-refractivity contribution >= 4 is 17.4 Å². The van der Waals surface area contributed by atoms with E-state index in [-0.39, 0.29) is 18.1 Å². The van der Waals surface area contributed by atoms with Gasteiger partial charge < -0.3 is 14.6 Å². The van der Waals surface area contributed by atoms with Crippen LogP contribution in [0.5, 0.6) is 0 Å². The first-order chi connectivity index (χ1) is 10.7. The topological polar surface area (TPSA) is 81.9 Å². The van der Waals surface area contributed by atoms with Gasteiger partial charge in [0.15, 0.2) is 0 Å². The summed E-state index contributed by atoms with van der Waals surface area (Å²) in [5.74, 6) is 0.741. The highest BCUT2D eigenvalue weighted by molar-refractivity contribution is 7.08. The van der Waals surface area contributed by atoms with E-state index in [1.807, 2.05) is 17.7 Å². The molecule has 2 atom stereocenters. The Hall–Kier alpha value is -1.80. The normalized spacial score (nSPS) is 21.2. The van der Waals surface area contributed by atoms with Crippen molar-refractivity contribution in [1.29, 1.82) is 0 Å². The summed E-state index contributed by atoms with van der Waals surface area (Å²) < 4.78 is 11.7. The number of amides is 1. The summed E-state index contributed by atoms with van der Waals surface area (Å²) in [6.07, 6.45) is 4.97. The van der Waals surface area contributed by atoms with Gasteiger partial charge in [0.05, 0.1) is 11.7 Å². The quantitative estimate of drug-likeness (QED) is 0.904. The third-order valence-electron chi connectivity index (χ3n) is 3.85. The van der Waals surface area contributed by atoms with E-state index < -0.39 is 0 Å².